The molecule has 1 aromatic rings. The van der Waals surface area contributed by atoms with Crippen LogP contribution in [0.2, 0.25) is 0 Å². The van der Waals surface area contributed by atoms with Crippen LogP contribution < -0.4 is 10.2 Å². The minimum atomic E-state index is -2.97. The molecule has 0 aromatic heterocycles. The van der Waals surface area contributed by atoms with Crippen molar-refractivity contribution in [2.24, 2.45) is 0 Å². The summed E-state index contributed by atoms with van der Waals surface area (Å²) in [6, 6.07) is 7.50. The van der Waals surface area contributed by atoms with Gasteiger partial charge in [0.1, 0.15) is 5.75 Å². The van der Waals surface area contributed by atoms with E-state index in [0.717, 1.165) is 57.8 Å². The maximum atomic E-state index is 11.6. The second-order valence-electron chi connectivity index (χ2n) is 6.78. The molecule has 2 aliphatic heterocycles. The lowest BCUT2D eigenvalue weighted by molar-refractivity contribution is 0.344. The highest BCUT2D eigenvalue weighted by Crippen LogP contribution is 2.26. The van der Waals surface area contributed by atoms with Gasteiger partial charge in [-0.2, -0.15) is 0 Å². The van der Waals surface area contributed by atoms with Crippen molar-refractivity contribution in [1.82, 2.24) is 9.62 Å². The first-order valence-corrected chi connectivity index (χ1v) is 10.7. The predicted octanol–water partition coefficient (Wildman–Crippen LogP) is 2.01. The Hall–Kier alpha value is -1.31. The van der Waals surface area contributed by atoms with Gasteiger partial charge in [-0.05, 0) is 38.8 Å². The zero-order chi connectivity index (χ0) is 18.3. The van der Waals surface area contributed by atoms with Crippen LogP contribution in [-0.4, -0.2) is 62.3 Å². The van der Waals surface area contributed by atoms with E-state index in [1.807, 2.05) is 18.2 Å². The second kappa shape index (κ2) is 9.40. The van der Waals surface area contributed by atoms with Crippen LogP contribution in [0.25, 0.3) is 0 Å². The van der Waals surface area contributed by atoms with Crippen molar-refractivity contribution in [3.63, 3.8) is 0 Å². The SMILES string of the molecule is CC(C)S(=O)(=O)N1CCCCC1.Oc1ccccc1N1CCNCC1. The maximum Gasteiger partial charge on any atom is 0.216 e. The van der Waals surface area contributed by atoms with Crippen molar-refractivity contribution in [3.05, 3.63) is 24.3 Å². The molecule has 0 atom stereocenters. The molecule has 2 fully saturated rings. The third-order valence-electron chi connectivity index (χ3n) is 4.61. The number of piperazine rings is 1. The molecule has 0 saturated carbocycles. The average Bonchev–Trinajstić information content (AvgIpc) is 2.64. The molecule has 0 radical (unpaired) electrons. The fraction of sp³-hybridized carbons (Fsp3) is 0.667. The molecule has 7 heteroatoms. The van der Waals surface area contributed by atoms with Gasteiger partial charge in [-0.3, -0.25) is 0 Å². The van der Waals surface area contributed by atoms with Gasteiger partial charge in [0, 0.05) is 39.3 Å². The van der Waals surface area contributed by atoms with Crippen molar-refractivity contribution >= 4 is 15.7 Å². The highest BCUT2D eigenvalue weighted by Gasteiger charge is 2.26. The summed E-state index contributed by atoms with van der Waals surface area (Å²) >= 11 is 0. The van der Waals surface area contributed by atoms with Gasteiger partial charge in [0.25, 0.3) is 0 Å². The fourth-order valence-corrected chi connectivity index (χ4v) is 4.42. The van der Waals surface area contributed by atoms with Crippen LogP contribution in [0.4, 0.5) is 5.69 Å². The van der Waals surface area contributed by atoms with E-state index in [-0.39, 0.29) is 5.25 Å². The number of rotatable bonds is 3. The summed E-state index contributed by atoms with van der Waals surface area (Å²) < 4.78 is 24.8. The Morgan fingerprint density at radius 3 is 2.16 bits per heavy atom. The molecule has 0 spiro atoms. The number of benzene rings is 1. The summed E-state index contributed by atoms with van der Waals surface area (Å²) in [6.45, 7) is 8.85. The van der Waals surface area contributed by atoms with Crippen LogP contribution in [0.1, 0.15) is 33.1 Å². The van der Waals surface area contributed by atoms with E-state index in [2.05, 4.69) is 10.2 Å². The number of anilines is 1. The third kappa shape index (κ3) is 5.59. The van der Waals surface area contributed by atoms with Gasteiger partial charge in [-0.15, -0.1) is 0 Å². The molecule has 25 heavy (non-hydrogen) atoms. The van der Waals surface area contributed by atoms with E-state index in [1.54, 1.807) is 24.2 Å². The van der Waals surface area contributed by atoms with Crippen molar-refractivity contribution in [2.75, 3.05) is 44.2 Å². The van der Waals surface area contributed by atoms with Crippen molar-refractivity contribution < 1.29 is 13.5 Å². The molecule has 2 heterocycles. The minimum Gasteiger partial charge on any atom is -0.506 e. The lowest BCUT2D eigenvalue weighted by Gasteiger charge is -2.29. The van der Waals surface area contributed by atoms with E-state index in [4.69, 9.17) is 0 Å². The molecule has 2 saturated heterocycles. The van der Waals surface area contributed by atoms with Gasteiger partial charge in [0.15, 0.2) is 0 Å². The maximum absolute atomic E-state index is 11.6. The van der Waals surface area contributed by atoms with Crippen molar-refractivity contribution in [3.8, 4) is 5.75 Å². The summed E-state index contributed by atoms with van der Waals surface area (Å²) in [4.78, 5) is 2.20. The van der Waals surface area contributed by atoms with E-state index in [9.17, 15) is 13.5 Å². The zero-order valence-electron chi connectivity index (χ0n) is 15.3. The largest absolute Gasteiger partial charge is 0.506 e. The zero-order valence-corrected chi connectivity index (χ0v) is 16.1. The van der Waals surface area contributed by atoms with Crippen LogP contribution >= 0.6 is 0 Å². The Morgan fingerprint density at radius 1 is 1.00 bits per heavy atom. The molecule has 1 aromatic carbocycles. The van der Waals surface area contributed by atoms with Crippen molar-refractivity contribution in [2.45, 2.75) is 38.4 Å². The first kappa shape index (κ1) is 20.0. The number of nitrogens with one attached hydrogen (secondary N) is 1. The summed E-state index contributed by atoms with van der Waals surface area (Å²) in [7, 11) is -2.97. The molecule has 3 rings (SSSR count). The Morgan fingerprint density at radius 2 is 1.60 bits per heavy atom. The normalized spacial score (nSPS) is 19.4. The molecular weight excluding hydrogens is 338 g/mol. The highest BCUT2D eigenvalue weighted by atomic mass is 32.2. The van der Waals surface area contributed by atoms with Gasteiger partial charge in [-0.25, -0.2) is 12.7 Å². The monoisotopic (exact) mass is 369 g/mol. The highest BCUT2D eigenvalue weighted by molar-refractivity contribution is 7.89. The van der Waals surface area contributed by atoms with Crippen LogP contribution in [0.5, 0.6) is 5.75 Å². The topological polar surface area (TPSA) is 72.9 Å². The van der Waals surface area contributed by atoms with Crippen molar-refractivity contribution in [1.29, 1.82) is 0 Å². The number of piperidine rings is 1. The molecule has 2 N–H and O–H groups in total. The Kier molecular flexibility index (Phi) is 7.53. The predicted molar refractivity (Wildman–Crippen MR) is 103 cm³/mol. The Balaban J connectivity index is 0.000000181. The van der Waals surface area contributed by atoms with Gasteiger partial charge >= 0.3 is 0 Å². The molecule has 2 aliphatic rings. The molecular formula is C18H31N3O3S. The summed E-state index contributed by atoms with van der Waals surface area (Å²) in [6.07, 6.45) is 3.21. The molecule has 0 aliphatic carbocycles. The number of sulfonamides is 1. The average molecular weight is 370 g/mol. The number of hydrogen-bond donors (Lipinski definition) is 2. The Labute approximate surface area is 151 Å². The molecule has 0 unspecified atom stereocenters. The van der Waals surface area contributed by atoms with E-state index in [1.165, 1.54) is 6.42 Å². The lowest BCUT2D eigenvalue weighted by Crippen LogP contribution is -2.43. The van der Waals surface area contributed by atoms with Crippen LogP contribution in [0.3, 0.4) is 0 Å². The number of phenolic OH excluding ortho intramolecular Hbond substituents is 1. The molecule has 142 valence electrons. The quantitative estimate of drug-likeness (QED) is 0.853. The number of para-hydroxylation sites is 2. The van der Waals surface area contributed by atoms with Crippen LogP contribution in [0, 0.1) is 0 Å². The number of hydrogen-bond acceptors (Lipinski definition) is 5. The molecule has 6 nitrogen and oxygen atoms in total. The van der Waals surface area contributed by atoms with E-state index in [0.29, 0.717) is 5.75 Å². The number of phenols is 1. The summed E-state index contributed by atoms with van der Waals surface area (Å²) in [5.41, 5.74) is 0.948. The lowest BCUT2D eigenvalue weighted by atomic mass is 10.2. The number of nitrogens with zero attached hydrogens (tertiary/aromatic N) is 2. The first-order chi connectivity index (χ1) is 11.9. The Bertz CT molecular complexity index is 622. The summed E-state index contributed by atoms with van der Waals surface area (Å²) in [5.74, 6) is 0.379. The molecule has 0 amide bonds. The van der Waals surface area contributed by atoms with E-state index < -0.39 is 10.0 Å². The number of aromatic hydroxyl groups is 1. The van der Waals surface area contributed by atoms with Gasteiger partial charge in [-0.1, -0.05) is 18.6 Å². The smallest absolute Gasteiger partial charge is 0.216 e. The summed E-state index contributed by atoms with van der Waals surface area (Å²) in [5, 5.41) is 12.6. The standard InChI is InChI=1S/C10H14N2O.C8H17NO2S/c13-10-4-2-1-3-9(10)12-7-5-11-6-8-12;1-8(2)12(10,11)9-6-4-3-5-7-9/h1-4,11,13H,5-8H2;8H,3-7H2,1-2H3. The first-order valence-electron chi connectivity index (χ1n) is 9.15. The van der Waals surface area contributed by atoms with E-state index >= 15 is 0 Å². The van der Waals surface area contributed by atoms with Gasteiger partial charge in [0.2, 0.25) is 10.0 Å². The minimum absolute atomic E-state index is 0.268. The van der Waals surface area contributed by atoms with Gasteiger partial charge in [0.05, 0.1) is 10.9 Å². The molecule has 0 bridgehead atoms. The van der Waals surface area contributed by atoms with Crippen LogP contribution in [-0.2, 0) is 10.0 Å². The van der Waals surface area contributed by atoms with Gasteiger partial charge < -0.3 is 15.3 Å². The fourth-order valence-electron chi connectivity index (χ4n) is 3.05. The van der Waals surface area contributed by atoms with Crippen LogP contribution in [0.15, 0.2) is 24.3 Å². The third-order valence-corrected chi connectivity index (χ3v) is 6.89. The second-order valence-corrected chi connectivity index (χ2v) is 9.27.